The number of carbonyl (C=O) groups is 2. The molecular weight excluding hydrogens is 482 g/mol. The Morgan fingerprint density at radius 1 is 1.21 bits per heavy atom. The van der Waals surface area contributed by atoms with Gasteiger partial charge in [0.05, 0.1) is 30.5 Å². The third-order valence-corrected chi connectivity index (χ3v) is 7.33. The lowest BCUT2D eigenvalue weighted by atomic mass is 9.92. The minimum Gasteiger partial charge on any atom is -0.394 e. The second-order valence-corrected chi connectivity index (χ2v) is 10.1. The minimum absolute atomic E-state index is 0.157. The van der Waals surface area contributed by atoms with Crippen LogP contribution >= 0.6 is 0 Å². The largest absolute Gasteiger partial charge is 0.394 e. The number of amides is 1. The maximum atomic E-state index is 12.8. The fourth-order valence-electron chi connectivity index (χ4n) is 4.74. The maximum absolute atomic E-state index is 12.8. The minimum atomic E-state index is -0.487. The number of β-amino-alcohol motifs (C(OH)–C–C–N with tert-alkyl or cyclic N) is 1. The first-order valence-corrected chi connectivity index (χ1v) is 13.8. The van der Waals surface area contributed by atoms with Gasteiger partial charge in [0.2, 0.25) is 5.91 Å². The van der Waals surface area contributed by atoms with Crippen molar-refractivity contribution in [2.75, 3.05) is 20.2 Å². The van der Waals surface area contributed by atoms with Crippen LogP contribution < -0.4 is 10.6 Å². The molecule has 2 aliphatic rings. The second kappa shape index (κ2) is 15.1. The smallest absolute Gasteiger partial charge is 0.238 e. The summed E-state index contributed by atoms with van der Waals surface area (Å²) in [6.07, 6.45) is 2.73. The number of aliphatic hydroxyl groups excluding tert-OH is 2. The molecule has 4 unspecified atom stereocenters. The molecule has 3 heterocycles. The summed E-state index contributed by atoms with van der Waals surface area (Å²) in [4.78, 5) is 24.6. The van der Waals surface area contributed by atoms with E-state index in [4.69, 9.17) is 0 Å². The van der Waals surface area contributed by atoms with Crippen LogP contribution in [0.25, 0.3) is 11.3 Å². The zero-order valence-corrected chi connectivity index (χ0v) is 24.1. The van der Waals surface area contributed by atoms with E-state index in [-0.39, 0.29) is 24.5 Å². The van der Waals surface area contributed by atoms with Crippen LogP contribution in [-0.4, -0.2) is 69.4 Å². The number of hydrogen-bond acceptors (Lipinski definition) is 7. The van der Waals surface area contributed by atoms with Gasteiger partial charge in [-0.25, -0.2) is 0 Å². The third kappa shape index (κ3) is 7.50. The standard InChI is InChI=1S/C21H29N5O3.C6H12O.C2H6/c1-3-26-19(6-7-23-26)15-5-4-14(16-9-22-10-17(15)16)18(12-27)24-21(29)20-8-13(28)11-25(20)2;1-5(2)6(3)4-7;1-2/h4-7,13,18,20,22,27-28H,3,8-12H2,1-2H3,(H,24,29);4-6H,1-3H3;1-2H3. The van der Waals surface area contributed by atoms with Crippen LogP contribution in [0.5, 0.6) is 0 Å². The number of nitrogens with one attached hydrogen (secondary N) is 2. The van der Waals surface area contributed by atoms with Crippen molar-refractivity contribution in [3.05, 3.63) is 41.1 Å². The van der Waals surface area contributed by atoms with Crippen LogP contribution in [0.15, 0.2) is 24.4 Å². The Morgan fingerprint density at radius 3 is 2.42 bits per heavy atom. The SMILES string of the molecule is CC.CC(C)C(C)C=O.CCn1nccc1-c1ccc(C(CO)NC(=O)C2CC(O)CN2C)c2c1CNC2. The summed E-state index contributed by atoms with van der Waals surface area (Å²) in [6, 6.07) is 5.23. The summed E-state index contributed by atoms with van der Waals surface area (Å²) >= 11 is 0. The fourth-order valence-corrected chi connectivity index (χ4v) is 4.74. The average molecular weight is 530 g/mol. The zero-order valence-electron chi connectivity index (χ0n) is 24.1. The van der Waals surface area contributed by atoms with Crippen molar-refractivity contribution in [1.29, 1.82) is 0 Å². The monoisotopic (exact) mass is 529 g/mol. The zero-order chi connectivity index (χ0) is 28.4. The van der Waals surface area contributed by atoms with Gasteiger partial charge in [-0.1, -0.05) is 46.8 Å². The highest BCUT2D eigenvalue weighted by atomic mass is 16.3. The number of aliphatic hydroxyl groups is 2. The van der Waals surface area contributed by atoms with Gasteiger partial charge in [0, 0.05) is 43.9 Å². The highest BCUT2D eigenvalue weighted by Gasteiger charge is 2.35. The lowest BCUT2D eigenvalue weighted by molar-refractivity contribution is -0.126. The highest BCUT2D eigenvalue weighted by Crippen LogP contribution is 2.34. The first kappa shape index (κ1) is 31.6. The van der Waals surface area contributed by atoms with E-state index in [0.717, 1.165) is 41.8 Å². The summed E-state index contributed by atoms with van der Waals surface area (Å²) in [6.45, 7) is 14.6. The number of aryl methyl sites for hydroxylation is 1. The van der Waals surface area contributed by atoms with Crippen LogP contribution in [0, 0.1) is 11.8 Å². The molecule has 212 valence electrons. The van der Waals surface area contributed by atoms with Crippen molar-refractivity contribution >= 4 is 12.2 Å². The number of likely N-dealkylation sites (N-methyl/N-ethyl adjacent to an activating group) is 1. The summed E-state index contributed by atoms with van der Waals surface area (Å²) in [5.74, 6) is 0.563. The summed E-state index contributed by atoms with van der Waals surface area (Å²) < 4.78 is 1.97. The number of nitrogens with zero attached hydrogens (tertiary/aromatic N) is 3. The van der Waals surface area contributed by atoms with Crippen molar-refractivity contribution < 1.29 is 19.8 Å². The van der Waals surface area contributed by atoms with E-state index in [0.29, 0.717) is 25.4 Å². The van der Waals surface area contributed by atoms with Gasteiger partial charge in [-0.2, -0.15) is 5.10 Å². The van der Waals surface area contributed by atoms with Crippen molar-refractivity contribution in [2.24, 2.45) is 11.8 Å². The van der Waals surface area contributed by atoms with Crippen molar-refractivity contribution in [3.63, 3.8) is 0 Å². The van der Waals surface area contributed by atoms with Crippen molar-refractivity contribution in [3.8, 4) is 11.3 Å². The van der Waals surface area contributed by atoms with Crippen LogP contribution in [0.3, 0.4) is 0 Å². The third-order valence-electron chi connectivity index (χ3n) is 7.33. The topological polar surface area (TPSA) is 120 Å². The molecule has 0 saturated carbocycles. The Labute approximate surface area is 227 Å². The number of likely N-dealkylation sites (tertiary alicyclic amines) is 1. The predicted octanol–water partition coefficient (Wildman–Crippen LogP) is 2.89. The van der Waals surface area contributed by atoms with Gasteiger partial charge in [0.15, 0.2) is 0 Å². The lowest BCUT2D eigenvalue weighted by Crippen LogP contribution is -2.43. The van der Waals surface area contributed by atoms with Crippen LogP contribution in [-0.2, 0) is 29.2 Å². The van der Waals surface area contributed by atoms with Gasteiger partial charge >= 0.3 is 0 Å². The van der Waals surface area contributed by atoms with Gasteiger partial charge < -0.3 is 25.6 Å². The molecule has 1 aromatic heterocycles. The van der Waals surface area contributed by atoms with Crippen molar-refractivity contribution in [2.45, 2.75) is 85.8 Å². The second-order valence-electron chi connectivity index (χ2n) is 10.1. The first-order valence-electron chi connectivity index (χ1n) is 13.8. The molecule has 1 fully saturated rings. The average Bonchev–Trinajstić information content (AvgIpc) is 3.67. The molecule has 2 aliphatic heterocycles. The van der Waals surface area contributed by atoms with Gasteiger partial charge in [-0.05, 0) is 49.1 Å². The molecule has 2 aromatic rings. The lowest BCUT2D eigenvalue weighted by Gasteiger charge is -2.25. The quantitative estimate of drug-likeness (QED) is 0.388. The highest BCUT2D eigenvalue weighted by molar-refractivity contribution is 5.82. The Kier molecular flexibility index (Phi) is 12.6. The van der Waals surface area contributed by atoms with E-state index in [1.54, 1.807) is 0 Å². The van der Waals surface area contributed by atoms with E-state index in [9.17, 15) is 19.8 Å². The predicted molar refractivity (Wildman–Crippen MR) is 150 cm³/mol. The van der Waals surface area contributed by atoms with E-state index in [1.807, 2.05) is 69.6 Å². The summed E-state index contributed by atoms with van der Waals surface area (Å²) in [5.41, 5.74) is 5.47. The van der Waals surface area contributed by atoms with Gasteiger partial charge in [-0.3, -0.25) is 14.4 Å². The maximum Gasteiger partial charge on any atom is 0.238 e. The van der Waals surface area contributed by atoms with Crippen LogP contribution in [0.2, 0.25) is 0 Å². The Bertz CT molecular complexity index is 1040. The van der Waals surface area contributed by atoms with Crippen LogP contribution in [0.4, 0.5) is 0 Å². The van der Waals surface area contributed by atoms with Gasteiger partial charge in [-0.15, -0.1) is 0 Å². The molecule has 9 heteroatoms. The number of benzene rings is 1. The molecule has 4 N–H and O–H groups in total. The Balaban J connectivity index is 0.000000491. The van der Waals surface area contributed by atoms with Crippen molar-refractivity contribution in [1.82, 2.24) is 25.3 Å². The number of hydrogen-bond donors (Lipinski definition) is 4. The molecule has 9 nitrogen and oxygen atoms in total. The molecule has 0 radical (unpaired) electrons. The normalized spacial score (nSPS) is 20.1. The first-order chi connectivity index (χ1) is 18.2. The molecule has 4 rings (SSSR count). The fraction of sp³-hybridized carbons (Fsp3) is 0.621. The molecule has 38 heavy (non-hydrogen) atoms. The number of carbonyl (C=O) groups excluding carboxylic acids is 2. The Hall–Kier alpha value is -2.59. The molecule has 4 atom stereocenters. The molecular formula is C29H47N5O4. The number of fused-ring (bicyclic) bond motifs is 1. The molecule has 0 bridgehead atoms. The van der Waals surface area contributed by atoms with Gasteiger partial charge in [0.1, 0.15) is 6.29 Å². The van der Waals surface area contributed by atoms with E-state index in [1.165, 1.54) is 5.56 Å². The van der Waals surface area contributed by atoms with E-state index >= 15 is 0 Å². The molecule has 1 aromatic carbocycles. The summed E-state index contributed by atoms with van der Waals surface area (Å²) in [7, 11) is 1.84. The van der Waals surface area contributed by atoms with E-state index < -0.39 is 12.1 Å². The number of rotatable bonds is 8. The molecule has 1 amide bonds. The number of aromatic nitrogens is 2. The molecule has 1 saturated heterocycles. The summed E-state index contributed by atoms with van der Waals surface area (Å²) in [5, 5.41) is 30.7. The van der Waals surface area contributed by atoms with Gasteiger partial charge in [0.25, 0.3) is 0 Å². The molecule has 0 spiro atoms. The van der Waals surface area contributed by atoms with Crippen LogP contribution in [0.1, 0.15) is 70.7 Å². The Morgan fingerprint density at radius 2 is 1.89 bits per heavy atom. The van der Waals surface area contributed by atoms with E-state index in [2.05, 4.69) is 28.7 Å². The molecule has 0 aliphatic carbocycles. The number of aldehydes is 1.